The third-order valence-electron chi connectivity index (χ3n) is 2.87. The molecule has 0 fully saturated rings. The van der Waals surface area contributed by atoms with Crippen molar-refractivity contribution >= 4 is 15.9 Å². The summed E-state index contributed by atoms with van der Waals surface area (Å²) in [4.78, 5) is 0. The van der Waals surface area contributed by atoms with E-state index in [-0.39, 0.29) is 0 Å². The molecule has 1 heterocycles. The summed E-state index contributed by atoms with van der Waals surface area (Å²) < 4.78 is 6.23. The van der Waals surface area contributed by atoms with Crippen LogP contribution in [0.4, 0.5) is 0 Å². The molecule has 0 aliphatic heterocycles. The second-order valence-corrected chi connectivity index (χ2v) is 4.95. The molecule has 0 bridgehead atoms. The number of furan rings is 1. The predicted octanol–water partition coefficient (Wildman–Crippen LogP) is 4.20. The number of nitrogens with one attached hydrogen (secondary N) is 1. The van der Waals surface area contributed by atoms with Crippen LogP contribution in [0, 0.1) is 6.92 Å². The van der Waals surface area contributed by atoms with Crippen molar-refractivity contribution in [3.8, 4) is 0 Å². The van der Waals surface area contributed by atoms with Gasteiger partial charge in [0.25, 0.3) is 0 Å². The first-order valence-electron chi connectivity index (χ1n) is 5.70. The Morgan fingerprint density at radius 1 is 1.24 bits per heavy atom. The summed E-state index contributed by atoms with van der Waals surface area (Å²) in [5, 5.41) is 3.45. The number of aryl methyl sites for hydroxylation is 1. The number of benzene rings is 1. The second kappa shape index (κ2) is 5.52. The van der Waals surface area contributed by atoms with Crippen LogP contribution in [-0.2, 0) is 6.54 Å². The van der Waals surface area contributed by atoms with Crippen LogP contribution < -0.4 is 5.32 Å². The molecule has 1 aromatic heterocycles. The van der Waals surface area contributed by atoms with Crippen LogP contribution in [0.5, 0.6) is 0 Å². The largest absolute Gasteiger partial charge is 0.453 e. The third-order valence-corrected chi connectivity index (χ3v) is 3.29. The molecule has 2 aromatic rings. The van der Waals surface area contributed by atoms with Gasteiger partial charge in [-0.3, -0.25) is 0 Å². The molecule has 0 radical (unpaired) electrons. The van der Waals surface area contributed by atoms with E-state index in [0.717, 1.165) is 17.0 Å². The van der Waals surface area contributed by atoms with Crippen LogP contribution in [0.1, 0.15) is 29.9 Å². The standard InChI is InChI=1S/C14H16BrNO/c1-10-5-3-4-6-13(10)11(2)16-9-12-7-8-14(15)17-12/h3-8,11,16H,9H2,1-2H3. The van der Waals surface area contributed by atoms with E-state index in [1.807, 2.05) is 12.1 Å². The lowest BCUT2D eigenvalue weighted by Crippen LogP contribution is -2.18. The molecule has 0 aliphatic rings. The smallest absolute Gasteiger partial charge is 0.169 e. The number of hydrogen-bond donors (Lipinski definition) is 1. The normalized spacial score (nSPS) is 12.6. The minimum atomic E-state index is 0.320. The van der Waals surface area contributed by atoms with Gasteiger partial charge in [-0.15, -0.1) is 0 Å². The van der Waals surface area contributed by atoms with Gasteiger partial charge in [0.1, 0.15) is 5.76 Å². The number of hydrogen-bond acceptors (Lipinski definition) is 2. The van der Waals surface area contributed by atoms with Crippen molar-refractivity contribution in [3.05, 3.63) is 58.0 Å². The lowest BCUT2D eigenvalue weighted by Gasteiger charge is -2.15. The van der Waals surface area contributed by atoms with Crippen LogP contribution in [0.3, 0.4) is 0 Å². The molecule has 17 heavy (non-hydrogen) atoms. The first-order chi connectivity index (χ1) is 8.16. The Labute approximate surface area is 110 Å². The van der Waals surface area contributed by atoms with Crippen molar-refractivity contribution in [2.75, 3.05) is 0 Å². The van der Waals surface area contributed by atoms with Gasteiger partial charge in [0.05, 0.1) is 6.54 Å². The Morgan fingerprint density at radius 3 is 2.65 bits per heavy atom. The summed E-state index contributed by atoms with van der Waals surface area (Å²) >= 11 is 3.30. The molecule has 1 atom stereocenters. The SMILES string of the molecule is Cc1ccccc1C(C)NCc1ccc(Br)o1. The molecular weight excluding hydrogens is 278 g/mol. The predicted molar refractivity (Wildman–Crippen MR) is 72.8 cm³/mol. The number of halogens is 1. The molecule has 0 saturated carbocycles. The molecule has 90 valence electrons. The van der Waals surface area contributed by atoms with E-state index in [1.54, 1.807) is 0 Å². The number of rotatable bonds is 4. The van der Waals surface area contributed by atoms with Crippen molar-refractivity contribution in [1.82, 2.24) is 5.32 Å². The molecular formula is C14H16BrNO. The van der Waals surface area contributed by atoms with E-state index in [0.29, 0.717) is 6.04 Å². The Kier molecular flexibility index (Phi) is 4.02. The van der Waals surface area contributed by atoms with Gasteiger partial charge >= 0.3 is 0 Å². The molecule has 0 spiro atoms. The second-order valence-electron chi connectivity index (χ2n) is 4.16. The van der Waals surface area contributed by atoms with Crippen molar-refractivity contribution in [2.24, 2.45) is 0 Å². The molecule has 0 saturated heterocycles. The third kappa shape index (κ3) is 3.20. The fourth-order valence-electron chi connectivity index (χ4n) is 1.88. The zero-order chi connectivity index (χ0) is 12.3. The maximum atomic E-state index is 5.45. The fraction of sp³-hybridized carbons (Fsp3) is 0.286. The minimum absolute atomic E-state index is 0.320. The van der Waals surface area contributed by atoms with Gasteiger partial charge < -0.3 is 9.73 Å². The summed E-state index contributed by atoms with van der Waals surface area (Å²) in [5.74, 6) is 0.942. The summed E-state index contributed by atoms with van der Waals surface area (Å²) in [5.41, 5.74) is 2.64. The highest BCUT2D eigenvalue weighted by Crippen LogP contribution is 2.18. The minimum Gasteiger partial charge on any atom is -0.453 e. The van der Waals surface area contributed by atoms with Crippen LogP contribution >= 0.6 is 15.9 Å². The lowest BCUT2D eigenvalue weighted by atomic mass is 10.0. The van der Waals surface area contributed by atoms with Crippen LogP contribution in [0.15, 0.2) is 45.5 Å². The van der Waals surface area contributed by atoms with Crippen molar-refractivity contribution < 1.29 is 4.42 Å². The van der Waals surface area contributed by atoms with Gasteiger partial charge in [0.15, 0.2) is 4.67 Å². The summed E-state index contributed by atoms with van der Waals surface area (Å²) in [7, 11) is 0. The highest BCUT2D eigenvalue weighted by Gasteiger charge is 2.08. The van der Waals surface area contributed by atoms with Gasteiger partial charge in [0.2, 0.25) is 0 Å². The van der Waals surface area contributed by atoms with Crippen molar-refractivity contribution in [1.29, 1.82) is 0 Å². The topological polar surface area (TPSA) is 25.2 Å². The first-order valence-corrected chi connectivity index (χ1v) is 6.49. The zero-order valence-electron chi connectivity index (χ0n) is 10.0. The summed E-state index contributed by atoms with van der Waals surface area (Å²) in [6.45, 7) is 5.04. The summed E-state index contributed by atoms with van der Waals surface area (Å²) in [6.07, 6.45) is 0. The summed E-state index contributed by atoms with van der Waals surface area (Å²) in [6, 6.07) is 12.6. The maximum absolute atomic E-state index is 5.45. The van der Waals surface area contributed by atoms with E-state index in [2.05, 4.69) is 59.4 Å². The van der Waals surface area contributed by atoms with Gasteiger partial charge in [-0.05, 0) is 53.0 Å². The van der Waals surface area contributed by atoms with E-state index < -0.39 is 0 Å². The molecule has 1 N–H and O–H groups in total. The van der Waals surface area contributed by atoms with E-state index in [4.69, 9.17) is 4.42 Å². The van der Waals surface area contributed by atoms with Crippen LogP contribution in [-0.4, -0.2) is 0 Å². The van der Waals surface area contributed by atoms with Gasteiger partial charge in [0, 0.05) is 6.04 Å². The molecule has 0 amide bonds. The average Bonchev–Trinajstić information content (AvgIpc) is 2.73. The molecule has 0 aliphatic carbocycles. The van der Waals surface area contributed by atoms with Crippen molar-refractivity contribution in [2.45, 2.75) is 26.4 Å². The van der Waals surface area contributed by atoms with Crippen LogP contribution in [0.2, 0.25) is 0 Å². The van der Waals surface area contributed by atoms with E-state index in [9.17, 15) is 0 Å². The molecule has 3 heteroatoms. The Balaban J connectivity index is 1.98. The zero-order valence-corrected chi connectivity index (χ0v) is 11.6. The van der Waals surface area contributed by atoms with E-state index >= 15 is 0 Å². The highest BCUT2D eigenvalue weighted by atomic mass is 79.9. The Bertz CT molecular complexity index is 492. The average molecular weight is 294 g/mol. The fourth-order valence-corrected chi connectivity index (χ4v) is 2.22. The molecule has 1 aromatic carbocycles. The maximum Gasteiger partial charge on any atom is 0.169 e. The first kappa shape index (κ1) is 12.4. The molecule has 2 nitrogen and oxygen atoms in total. The highest BCUT2D eigenvalue weighted by molar-refractivity contribution is 9.10. The van der Waals surface area contributed by atoms with Gasteiger partial charge in [-0.1, -0.05) is 24.3 Å². The lowest BCUT2D eigenvalue weighted by molar-refractivity contribution is 0.446. The quantitative estimate of drug-likeness (QED) is 0.914. The Hall–Kier alpha value is -1.06. The molecule has 1 unspecified atom stereocenters. The van der Waals surface area contributed by atoms with E-state index in [1.165, 1.54) is 11.1 Å². The Morgan fingerprint density at radius 2 is 2.00 bits per heavy atom. The van der Waals surface area contributed by atoms with Gasteiger partial charge in [-0.25, -0.2) is 0 Å². The monoisotopic (exact) mass is 293 g/mol. The van der Waals surface area contributed by atoms with Crippen LogP contribution in [0.25, 0.3) is 0 Å². The van der Waals surface area contributed by atoms with Gasteiger partial charge in [-0.2, -0.15) is 0 Å². The molecule has 2 rings (SSSR count). The van der Waals surface area contributed by atoms with Crippen molar-refractivity contribution in [3.63, 3.8) is 0 Å².